The Labute approximate surface area is 191 Å². The van der Waals surface area contributed by atoms with Crippen LogP contribution in [0.3, 0.4) is 0 Å². The summed E-state index contributed by atoms with van der Waals surface area (Å²) >= 11 is 3.53. The van der Waals surface area contributed by atoms with Gasteiger partial charge >= 0.3 is 0 Å². The summed E-state index contributed by atoms with van der Waals surface area (Å²) in [5.41, 5.74) is 1.44. The zero-order chi connectivity index (χ0) is 21.8. The van der Waals surface area contributed by atoms with Crippen molar-refractivity contribution in [2.45, 2.75) is 64.4 Å². The first kappa shape index (κ1) is 21.8. The summed E-state index contributed by atoms with van der Waals surface area (Å²) in [6.45, 7) is 4.13. The molecule has 1 aromatic heterocycles. The Hall–Kier alpha value is -2.47. The lowest BCUT2D eigenvalue weighted by molar-refractivity contribution is 0.217. The number of fused-ring (bicyclic) bond motifs is 1. The molecule has 0 radical (unpaired) electrons. The molecule has 1 atom stereocenters. The Kier molecular flexibility index (Phi) is 6.86. The van der Waals surface area contributed by atoms with E-state index in [1.165, 1.54) is 11.1 Å². The third-order valence-corrected chi connectivity index (χ3v) is 6.43. The molecule has 1 saturated carbocycles. The lowest BCUT2D eigenvalue weighted by Gasteiger charge is -2.22. The molecule has 1 fully saturated rings. The molecule has 3 aromatic rings. The van der Waals surface area contributed by atoms with Gasteiger partial charge in [-0.2, -0.15) is 9.78 Å². The molecule has 5 nitrogen and oxygen atoms in total. The van der Waals surface area contributed by atoms with Crippen molar-refractivity contribution in [3.8, 4) is 5.75 Å². The van der Waals surface area contributed by atoms with Gasteiger partial charge in [0.2, 0.25) is 0 Å². The van der Waals surface area contributed by atoms with Gasteiger partial charge in [-0.3, -0.25) is 4.79 Å². The number of ether oxygens (including phenoxy) is 1. The molecule has 0 N–H and O–H groups in total. The van der Waals surface area contributed by atoms with E-state index in [2.05, 4.69) is 28.0 Å². The highest BCUT2D eigenvalue weighted by Gasteiger charge is 2.22. The quantitative estimate of drug-likeness (QED) is 0.390. The zero-order valence-electron chi connectivity index (χ0n) is 18.1. The highest BCUT2D eigenvalue weighted by atomic mass is 79.9. The van der Waals surface area contributed by atoms with Crippen LogP contribution in [0.15, 0.2) is 56.8 Å². The van der Waals surface area contributed by atoms with Gasteiger partial charge in [0, 0.05) is 16.0 Å². The molecule has 162 valence electrons. The van der Waals surface area contributed by atoms with Crippen molar-refractivity contribution in [3.05, 3.63) is 68.7 Å². The first-order chi connectivity index (χ1) is 15.1. The van der Waals surface area contributed by atoms with Crippen molar-refractivity contribution >= 4 is 33.0 Å². The fraction of sp³-hybridized carbons (Fsp3) is 0.400. The maximum absolute atomic E-state index is 13.4. The summed E-state index contributed by atoms with van der Waals surface area (Å²) < 4.78 is 8.51. The van der Waals surface area contributed by atoms with Crippen molar-refractivity contribution in [2.75, 3.05) is 0 Å². The molecule has 31 heavy (non-hydrogen) atoms. The SMILES string of the molecule is CC[C@H](C)Oc1ccc(Br)cc1C=Nn1c(C2CCCCC2)nc2ccccc2c1=O. The fourth-order valence-corrected chi connectivity index (χ4v) is 4.40. The van der Waals surface area contributed by atoms with E-state index in [-0.39, 0.29) is 17.6 Å². The van der Waals surface area contributed by atoms with Crippen LogP contribution in [0.1, 0.15) is 69.7 Å². The van der Waals surface area contributed by atoms with Crippen LogP contribution in [0.5, 0.6) is 5.75 Å². The Balaban J connectivity index is 1.81. The molecule has 6 heteroatoms. The summed E-state index contributed by atoms with van der Waals surface area (Å²) in [5.74, 6) is 1.77. The highest BCUT2D eigenvalue weighted by molar-refractivity contribution is 9.10. The van der Waals surface area contributed by atoms with Crippen molar-refractivity contribution < 1.29 is 4.74 Å². The van der Waals surface area contributed by atoms with Gasteiger partial charge < -0.3 is 4.74 Å². The van der Waals surface area contributed by atoms with Crippen LogP contribution in [0, 0.1) is 0 Å². The number of para-hydroxylation sites is 1. The third-order valence-electron chi connectivity index (χ3n) is 5.94. The molecule has 0 amide bonds. The van der Waals surface area contributed by atoms with Gasteiger partial charge in [0.1, 0.15) is 11.6 Å². The lowest BCUT2D eigenvalue weighted by Crippen LogP contribution is -2.25. The predicted octanol–water partition coefficient (Wildman–Crippen LogP) is 6.27. The normalized spacial score (nSPS) is 16.1. The number of benzene rings is 2. The second-order valence-corrected chi connectivity index (χ2v) is 9.12. The minimum Gasteiger partial charge on any atom is -0.490 e. The minimum atomic E-state index is -0.123. The fourth-order valence-electron chi connectivity index (χ4n) is 4.03. The smallest absolute Gasteiger partial charge is 0.282 e. The largest absolute Gasteiger partial charge is 0.490 e. The van der Waals surface area contributed by atoms with E-state index >= 15 is 0 Å². The van der Waals surface area contributed by atoms with E-state index < -0.39 is 0 Å². The molecule has 0 spiro atoms. The van der Waals surface area contributed by atoms with Gasteiger partial charge in [-0.15, -0.1) is 0 Å². The minimum absolute atomic E-state index is 0.0937. The predicted molar refractivity (Wildman–Crippen MR) is 129 cm³/mol. The van der Waals surface area contributed by atoms with Crippen LogP contribution >= 0.6 is 15.9 Å². The number of halogens is 1. The van der Waals surface area contributed by atoms with E-state index in [0.717, 1.165) is 59.2 Å². The van der Waals surface area contributed by atoms with Gasteiger partial charge in [-0.1, -0.05) is 54.2 Å². The van der Waals surface area contributed by atoms with Crippen molar-refractivity contribution in [1.82, 2.24) is 9.66 Å². The number of hydrogen-bond acceptors (Lipinski definition) is 4. The van der Waals surface area contributed by atoms with E-state index in [1.54, 1.807) is 6.21 Å². The number of nitrogens with zero attached hydrogens (tertiary/aromatic N) is 3. The summed E-state index contributed by atoms with van der Waals surface area (Å²) in [5, 5.41) is 5.24. The summed E-state index contributed by atoms with van der Waals surface area (Å²) in [7, 11) is 0. The van der Waals surface area contributed by atoms with Gasteiger partial charge in [0.05, 0.1) is 23.2 Å². The van der Waals surface area contributed by atoms with Gasteiger partial charge in [-0.25, -0.2) is 4.98 Å². The molecule has 0 aliphatic heterocycles. The standard InChI is InChI=1S/C25H28BrN3O2/c1-3-17(2)31-23-14-13-20(26)15-19(23)16-27-29-24(18-9-5-4-6-10-18)28-22-12-8-7-11-21(22)25(29)30/h7-8,11-18H,3-6,9-10H2,1-2H3/t17-/m0/s1. The van der Waals surface area contributed by atoms with Gasteiger partial charge in [-0.05, 0) is 56.5 Å². The zero-order valence-corrected chi connectivity index (χ0v) is 19.6. The van der Waals surface area contributed by atoms with Crippen LogP contribution < -0.4 is 10.3 Å². The van der Waals surface area contributed by atoms with E-state index in [1.807, 2.05) is 49.4 Å². The van der Waals surface area contributed by atoms with Crippen LogP contribution in [0.2, 0.25) is 0 Å². The molecule has 0 saturated heterocycles. The Morgan fingerprint density at radius 3 is 2.77 bits per heavy atom. The number of hydrogen-bond donors (Lipinski definition) is 0. The second kappa shape index (κ2) is 9.77. The van der Waals surface area contributed by atoms with Gasteiger partial charge in [0.15, 0.2) is 0 Å². The average Bonchev–Trinajstić information content (AvgIpc) is 2.80. The number of rotatable bonds is 6. The van der Waals surface area contributed by atoms with Crippen molar-refractivity contribution in [2.24, 2.45) is 5.10 Å². The molecule has 0 unspecified atom stereocenters. The monoisotopic (exact) mass is 481 g/mol. The van der Waals surface area contributed by atoms with Crippen molar-refractivity contribution in [1.29, 1.82) is 0 Å². The van der Waals surface area contributed by atoms with E-state index in [4.69, 9.17) is 9.72 Å². The molecule has 2 aromatic carbocycles. The highest BCUT2D eigenvalue weighted by Crippen LogP contribution is 2.32. The van der Waals surface area contributed by atoms with Crippen LogP contribution in [-0.4, -0.2) is 22.0 Å². The molecular weight excluding hydrogens is 454 g/mol. The van der Waals surface area contributed by atoms with Crippen LogP contribution in [0.25, 0.3) is 10.9 Å². The molecule has 1 heterocycles. The molecule has 0 bridgehead atoms. The summed E-state index contributed by atoms with van der Waals surface area (Å²) in [6, 6.07) is 13.4. The maximum Gasteiger partial charge on any atom is 0.282 e. The molecular formula is C25H28BrN3O2. The van der Waals surface area contributed by atoms with E-state index in [9.17, 15) is 4.79 Å². The lowest BCUT2D eigenvalue weighted by atomic mass is 9.88. The maximum atomic E-state index is 13.4. The Morgan fingerprint density at radius 1 is 1.23 bits per heavy atom. The summed E-state index contributed by atoms with van der Waals surface area (Å²) in [6.07, 6.45) is 8.37. The second-order valence-electron chi connectivity index (χ2n) is 8.20. The molecule has 1 aliphatic rings. The first-order valence-electron chi connectivity index (χ1n) is 11.1. The Morgan fingerprint density at radius 2 is 2.00 bits per heavy atom. The summed E-state index contributed by atoms with van der Waals surface area (Å²) in [4.78, 5) is 18.2. The molecule has 4 rings (SSSR count). The van der Waals surface area contributed by atoms with Crippen molar-refractivity contribution in [3.63, 3.8) is 0 Å². The topological polar surface area (TPSA) is 56.5 Å². The first-order valence-corrected chi connectivity index (χ1v) is 11.9. The van der Waals surface area contributed by atoms with Crippen LogP contribution in [-0.2, 0) is 0 Å². The van der Waals surface area contributed by atoms with E-state index in [0.29, 0.717) is 5.39 Å². The molecule has 1 aliphatic carbocycles. The number of aromatic nitrogens is 2. The van der Waals surface area contributed by atoms with Gasteiger partial charge in [0.25, 0.3) is 5.56 Å². The van der Waals surface area contributed by atoms with Crippen LogP contribution in [0.4, 0.5) is 0 Å². The average molecular weight is 482 g/mol. The third kappa shape index (κ3) is 4.90. The Bertz CT molecular complexity index is 1150.